The van der Waals surface area contributed by atoms with Gasteiger partial charge in [0.15, 0.2) is 0 Å². The fraction of sp³-hybridized carbons (Fsp3) is 0.909. The highest BCUT2D eigenvalue weighted by atomic mass is 16.7. The smallest absolute Gasteiger partial charge is 0.322 e. The molecule has 1 heterocycles. The van der Waals surface area contributed by atoms with E-state index in [0.717, 1.165) is 32.4 Å². The van der Waals surface area contributed by atoms with Crippen molar-refractivity contribution in [1.29, 1.82) is 0 Å². The average molecular weight is 214 g/mol. The third kappa shape index (κ3) is 2.69. The number of hydrogen-bond acceptors (Lipinski definition) is 4. The van der Waals surface area contributed by atoms with Crippen LogP contribution in [0.3, 0.4) is 0 Å². The van der Waals surface area contributed by atoms with Gasteiger partial charge in [-0.2, -0.15) is 0 Å². The predicted octanol–water partition coefficient (Wildman–Crippen LogP) is 1.30. The van der Waals surface area contributed by atoms with Gasteiger partial charge in [-0.1, -0.05) is 13.8 Å². The second kappa shape index (κ2) is 4.94. The lowest BCUT2D eigenvalue weighted by molar-refractivity contribution is -0.205. The predicted molar refractivity (Wildman–Crippen MR) is 58.9 cm³/mol. The van der Waals surface area contributed by atoms with Gasteiger partial charge in [-0.3, -0.25) is 4.79 Å². The fourth-order valence-electron chi connectivity index (χ4n) is 2.39. The Morgan fingerprint density at radius 1 is 1.53 bits per heavy atom. The van der Waals surface area contributed by atoms with Crippen LogP contribution >= 0.6 is 0 Å². The second-order valence-electron chi connectivity index (χ2n) is 4.41. The monoisotopic (exact) mass is 214 g/mol. The van der Waals surface area contributed by atoms with Crippen LogP contribution in [0.2, 0.25) is 0 Å². The van der Waals surface area contributed by atoms with Gasteiger partial charge >= 0.3 is 5.97 Å². The number of piperidine rings is 1. The summed E-state index contributed by atoms with van der Waals surface area (Å²) < 4.78 is 0. The molecule has 0 amide bonds. The number of nitrogens with two attached hydrogens (primary N) is 1. The first-order valence-electron chi connectivity index (χ1n) is 5.73. The zero-order chi connectivity index (χ0) is 11.5. The van der Waals surface area contributed by atoms with E-state index in [4.69, 9.17) is 10.6 Å². The quantitative estimate of drug-likeness (QED) is 0.769. The van der Waals surface area contributed by atoms with E-state index < -0.39 is 0 Å². The third-order valence-electron chi connectivity index (χ3n) is 3.63. The summed E-state index contributed by atoms with van der Waals surface area (Å²) in [5.41, 5.74) is 6.27. The van der Waals surface area contributed by atoms with Crippen molar-refractivity contribution in [3.05, 3.63) is 0 Å². The average Bonchev–Trinajstić information content (AvgIpc) is 2.20. The van der Waals surface area contributed by atoms with Crippen molar-refractivity contribution in [2.75, 3.05) is 13.1 Å². The van der Waals surface area contributed by atoms with Crippen molar-refractivity contribution >= 4 is 5.97 Å². The molecule has 0 aromatic rings. The highest BCUT2D eigenvalue weighted by Gasteiger charge is 2.39. The minimum atomic E-state index is -0.244. The molecule has 1 unspecified atom stereocenters. The van der Waals surface area contributed by atoms with E-state index >= 15 is 0 Å². The first-order valence-corrected chi connectivity index (χ1v) is 5.73. The summed E-state index contributed by atoms with van der Waals surface area (Å²) in [4.78, 5) is 16.0. The molecule has 88 valence electrons. The Labute approximate surface area is 91.7 Å². The Morgan fingerprint density at radius 3 is 2.60 bits per heavy atom. The Balaban J connectivity index is 2.66. The molecule has 0 aromatic carbocycles. The summed E-state index contributed by atoms with van der Waals surface area (Å²) >= 11 is 0. The van der Waals surface area contributed by atoms with Gasteiger partial charge in [-0.05, 0) is 19.3 Å². The van der Waals surface area contributed by atoms with Crippen LogP contribution in [0.5, 0.6) is 0 Å². The lowest BCUT2D eigenvalue weighted by Crippen LogP contribution is -2.55. The summed E-state index contributed by atoms with van der Waals surface area (Å²) in [7, 11) is 0. The Morgan fingerprint density at radius 2 is 2.13 bits per heavy atom. The van der Waals surface area contributed by atoms with Crippen LogP contribution in [0, 0.1) is 5.41 Å². The number of nitrogens with zero attached hydrogens (tertiary/aromatic N) is 1. The summed E-state index contributed by atoms with van der Waals surface area (Å²) in [6, 6.07) is 0.222. The van der Waals surface area contributed by atoms with E-state index in [9.17, 15) is 4.79 Å². The molecule has 1 aliphatic heterocycles. The van der Waals surface area contributed by atoms with Crippen LogP contribution in [-0.4, -0.2) is 30.2 Å². The van der Waals surface area contributed by atoms with E-state index in [-0.39, 0.29) is 17.4 Å². The molecule has 1 rings (SSSR count). The molecule has 4 nitrogen and oxygen atoms in total. The van der Waals surface area contributed by atoms with Gasteiger partial charge in [0.1, 0.15) is 0 Å². The van der Waals surface area contributed by atoms with E-state index in [1.807, 2.05) is 0 Å². The van der Waals surface area contributed by atoms with E-state index in [1.165, 1.54) is 6.92 Å². The minimum Gasteiger partial charge on any atom is -0.368 e. The van der Waals surface area contributed by atoms with Crippen molar-refractivity contribution < 1.29 is 9.63 Å². The molecular weight excluding hydrogens is 192 g/mol. The molecule has 0 aromatic heterocycles. The lowest BCUT2D eigenvalue weighted by atomic mass is 9.72. The van der Waals surface area contributed by atoms with Crippen molar-refractivity contribution in [2.24, 2.45) is 11.1 Å². The van der Waals surface area contributed by atoms with Gasteiger partial charge in [0.25, 0.3) is 0 Å². The zero-order valence-electron chi connectivity index (χ0n) is 9.95. The van der Waals surface area contributed by atoms with Gasteiger partial charge in [0.05, 0.1) is 0 Å². The van der Waals surface area contributed by atoms with E-state index in [2.05, 4.69) is 13.8 Å². The molecule has 2 N–H and O–H groups in total. The first kappa shape index (κ1) is 12.5. The molecule has 1 aliphatic rings. The van der Waals surface area contributed by atoms with E-state index in [0.29, 0.717) is 0 Å². The minimum absolute atomic E-state index is 0.105. The number of carbonyl (C=O) groups is 1. The van der Waals surface area contributed by atoms with Crippen LogP contribution in [0.15, 0.2) is 0 Å². The third-order valence-corrected chi connectivity index (χ3v) is 3.63. The molecule has 0 spiro atoms. The Kier molecular flexibility index (Phi) is 4.11. The van der Waals surface area contributed by atoms with Crippen LogP contribution in [0.25, 0.3) is 0 Å². The molecule has 0 saturated carbocycles. The number of carbonyl (C=O) groups excluding carboxylic acids is 1. The van der Waals surface area contributed by atoms with Crippen molar-refractivity contribution in [3.63, 3.8) is 0 Å². The van der Waals surface area contributed by atoms with Crippen LogP contribution < -0.4 is 5.73 Å². The Hall–Kier alpha value is -0.610. The molecule has 0 bridgehead atoms. The molecule has 1 saturated heterocycles. The van der Waals surface area contributed by atoms with E-state index in [1.54, 1.807) is 5.06 Å². The van der Waals surface area contributed by atoms with Gasteiger partial charge in [0, 0.05) is 31.5 Å². The van der Waals surface area contributed by atoms with Gasteiger partial charge in [-0.15, -0.1) is 5.06 Å². The summed E-state index contributed by atoms with van der Waals surface area (Å²) in [5, 5.41) is 1.76. The van der Waals surface area contributed by atoms with Gasteiger partial charge in [-0.25, -0.2) is 0 Å². The lowest BCUT2D eigenvalue weighted by Gasteiger charge is -2.45. The highest BCUT2D eigenvalue weighted by Crippen LogP contribution is 2.35. The number of hydroxylamine groups is 2. The maximum absolute atomic E-state index is 10.9. The van der Waals surface area contributed by atoms with Gasteiger partial charge < -0.3 is 10.6 Å². The summed E-state index contributed by atoms with van der Waals surface area (Å²) in [6.07, 6.45) is 2.96. The van der Waals surface area contributed by atoms with Gasteiger partial charge in [0.2, 0.25) is 0 Å². The van der Waals surface area contributed by atoms with Crippen LogP contribution in [0.4, 0.5) is 0 Å². The largest absolute Gasteiger partial charge is 0.368 e. The number of rotatable bonds is 3. The maximum Gasteiger partial charge on any atom is 0.322 e. The summed E-state index contributed by atoms with van der Waals surface area (Å²) in [6.45, 7) is 7.26. The number of hydrogen-bond donors (Lipinski definition) is 1. The zero-order valence-corrected chi connectivity index (χ0v) is 9.95. The molecular formula is C11H22N2O2. The first-order chi connectivity index (χ1) is 7.04. The van der Waals surface area contributed by atoms with Crippen molar-refractivity contribution in [1.82, 2.24) is 5.06 Å². The molecule has 0 radical (unpaired) electrons. The fourth-order valence-corrected chi connectivity index (χ4v) is 2.39. The summed E-state index contributed by atoms with van der Waals surface area (Å²) in [5.74, 6) is -0.244. The van der Waals surface area contributed by atoms with Crippen LogP contribution in [0.1, 0.15) is 40.0 Å². The second-order valence-corrected chi connectivity index (χ2v) is 4.41. The molecule has 0 aliphatic carbocycles. The molecule has 1 fully saturated rings. The normalized spacial score (nSPS) is 26.3. The maximum atomic E-state index is 10.9. The highest BCUT2D eigenvalue weighted by molar-refractivity contribution is 5.65. The van der Waals surface area contributed by atoms with Crippen molar-refractivity contribution in [3.8, 4) is 0 Å². The topological polar surface area (TPSA) is 55.6 Å². The Bertz CT molecular complexity index is 227. The van der Waals surface area contributed by atoms with Crippen molar-refractivity contribution in [2.45, 2.75) is 46.1 Å². The molecule has 4 heteroatoms. The van der Waals surface area contributed by atoms with Crippen LogP contribution in [-0.2, 0) is 9.63 Å². The molecule has 1 atom stereocenters. The standard InChI is InChI=1S/C11H22N2O2/c1-4-11(5-2)8-13(15-9(3)14)7-6-10(11)12/h10H,4-8,12H2,1-3H3. The SMILES string of the molecule is CCC1(CC)CN(OC(C)=O)CCC1N. The molecule has 15 heavy (non-hydrogen) atoms.